The first-order valence-electron chi connectivity index (χ1n) is 6.75. The molecule has 0 aromatic heterocycles. The van der Waals surface area contributed by atoms with E-state index in [0.717, 1.165) is 25.8 Å². The highest BCUT2D eigenvalue weighted by Crippen LogP contribution is 2.31. The minimum Gasteiger partial charge on any atom is -0.309 e. The van der Waals surface area contributed by atoms with E-state index in [9.17, 15) is 9.59 Å². The average molecular weight is 253 g/mol. The molecule has 2 atom stereocenters. The summed E-state index contributed by atoms with van der Waals surface area (Å²) >= 11 is 0. The van der Waals surface area contributed by atoms with E-state index in [1.165, 1.54) is 4.90 Å². The normalized spacial score (nSPS) is 26.2. The second-order valence-corrected chi connectivity index (χ2v) is 5.75. The van der Waals surface area contributed by atoms with Crippen molar-refractivity contribution in [1.29, 1.82) is 0 Å². The maximum absolute atomic E-state index is 12.1. The quantitative estimate of drug-likeness (QED) is 0.687. The van der Waals surface area contributed by atoms with Crippen LogP contribution in [0, 0.1) is 0 Å². The second kappa shape index (κ2) is 5.36. The molecule has 0 bridgehead atoms. The van der Waals surface area contributed by atoms with Gasteiger partial charge in [0.05, 0.1) is 12.5 Å². The monoisotopic (exact) mass is 253 g/mol. The molecule has 0 aromatic rings. The predicted octanol–water partition coefficient (Wildman–Crippen LogP) is 0.206. The first-order chi connectivity index (χ1) is 8.49. The molecule has 1 saturated carbocycles. The van der Waals surface area contributed by atoms with Gasteiger partial charge in [0.15, 0.2) is 0 Å². The molecule has 102 valence electrons. The predicted molar refractivity (Wildman–Crippen MR) is 69.0 cm³/mol. The van der Waals surface area contributed by atoms with Gasteiger partial charge in [-0.2, -0.15) is 0 Å². The van der Waals surface area contributed by atoms with Crippen molar-refractivity contribution in [3.63, 3.8) is 0 Å². The third-order valence-corrected chi connectivity index (χ3v) is 3.59. The van der Waals surface area contributed by atoms with Crippen LogP contribution in [0.15, 0.2) is 0 Å². The Labute approximate surface area is 108 Å². The molecule has 1 heterocycles. The fourth-order valence-corrected chi connectivity index (χ4v) is 2.38. The number of amides is 2. The third-order valence-electron chi connectivity index (χ3n) is 3.59. The Morgan fingerprint density at radius 3 is 2.61 bits per heavy atom. The number of hydrogen-bond acceptors (Lipinski definition) is 4. The number of nitrogens with zero attached hydrogens (tertiary/aromatic N) is 2. The molecule has 2 rings (SSSR count). The molecule has 1 aliphatic heterocycles. The molecule has 2 unspecified atom stereocenters. The van der Waals surface area contributed by atoms with Gasteiger partial charge in [0.25, 0.3) is 0 Å². The van der Waals surface area contributed by atoms with Gasteiger partial charge >= 0.3 is 0 Å². The van der Waals surface area contributed by atoms with Crippen LogP contribution in [0.4, 0.5) is 0 Å². The van der Waals surface area contributed by atoms with E-state index in [4.69, 9.17) is 0 Å². The molecule has 2 fully saturated rings. The molecule has 18 heavy (non-hydrogen) atoms. The summed E-state index contributed by atoms with van der Waals surface area (Å²) in [6, 6.07) is 0.164. The SMILES string of the molecule is CC(CCN(C)C)NC1CC(=O)N(C2CC2)C1=O. The number of rotatable bonds is 6. The van der Waals surface area contributed by atoms with Gasteiger partial charge in [-0.25, -0.2) is 0 Å². The molecule has 5 heteroatoms. The molecule has 1 saturated heterocycles. The van der Waals surface area contributed by atoms with Crippen LogP contribution in [-0.2, 0) is 9.59 Å². The van der Waals surface area contributed by atoms with Crippen molar-refractivity contribution in [3.8, 4) is 0 Å². The number of carbonyl (C=O) groups is 2. The van der Waals surface area contributed by atoms with Gasteiger partial charge in [-0.3, -0.25) is 14.5 Å². The lowest BCUT2D eigenvalue weighted by Gasteiger charge is -2.20. The summed E-state index contributed by atoms with van der Waals surface area (Å²) in [5.41, 5.74) is 0. The van der Waals surface area contributed by atoms with Gasteiger partial charge in [0, 0.05) is 12.1 Å². The molecular formula is C13H23N3O2. The number of nitrogens with one attached hydrogen (secondary N) is 1. The van der Waals surface area contributed by atoms with Gasteiger partial charge in [-0.15, -0.1) is 0 Å². The molecule has 0 spiro atoms. The van der Waals surface area contributed by atoms with Crippen LogP contribution in [-0.4, -0.2) is 60.4 Å². The molecular weight excluding hydrogens is 230 g/mol. The summed E-state index contributed by atoms with van der Waals surface area (Å²) in [5, 5.41) is 3.29. The largest absolute Gasteiger partial charge is 0.309 e. The highest BCUT2D eigenvalue weighted by molar-refractivity contribution is 6.06. The summed E-state index contributed by atoms with van der Waals surface area (Å²) in [4.78, 5) is 27.5. The fraction of sp³-hybridized carbons (Fsp3) is 0.846. The van der Waals surface area contributed by atoms with Gasteiger partial charge in [0.2, 0.25) is 11.8 Å². The lowest BCUT2D eigenvalue weighted by atomic mass is 10.1. The summed E-state index contributed by atoms with van der Waals surface area (Å²) < 4.78 is 0. The summed E-state index contributed by atoms with van der Waals surface area (Å²) in [7, 11) is 4.07. The summed E-state index contributed by atoms with van der Waals surface area (Å²) in [6.45, 7) is 3.05. The van der Waals surface area contributed by atoms with Crippen LogP contribution >= 0.6 is 0 Å². The molecule has 0 radical (unpaired) electrons. The third kappa shape index (κ3) is 3.09. The van der Waals surface area contributed by atoms with Crippen molar-refractivity contribution >= 4 is 11.8 Å². The van der Waals surface area contributed by atoms with Crippen molar-refractivity contribution in [1.82, 2.24) is 15.1 Å². The van der Waals surface area contributed by atoms with E-state index in [1.807, 2.05) is 14.1 Å². The zero-order chi connectivity index (χ0) is 13.3. The Kier molecular flexibility index (Phi) is 4.02. The van der Waals surface area contributed by atoms with Gasteiger partial charge < -0.3 is 10.2 Å². The zero-order valence-corrected chi connectivity index (χ0v) is 11.5. The lowest BCUT2D eigenvalue weighted by molar-refractivity contribution is -0.139. The Hall–Kier alpha value is -0.940. The number of imide groups is 1. The Balaban J connectivity index is 1.83. The number of likely N-dealkylation sites (tertiary alicyclic amines) is 1. The molecule has 1 aliphatic carbocycles. The van der Waals surface area contributed by atoms with Crippen LogP contribution in [0.1, 0.15) is 32.6 Å². The van der Waals surface area contributed by atoms with Crippen molar-refractivity contribution in [2.45, 2.75) is 50.7 Å². The van der Waals surface area contributed by atoms with Gasteiger partial charge in [0.1, 0.15) is 0 Å². The Morgan fingerprint density at radius 2 is 2.06 bits per heavy atom. The van der Waals surface area contributed by atoms with Gasteiger partial charge in [-0.1, -0.05) is 0 Å². The Bertz CT molecular complexity index is 339. The topological polar surface area (TPSA) is 52.7 Å². The summed E-state index contributed by atoms with van der Waals surface area (Å²) in [5.74, 6) is -0.0148. The number of hydrogen-bond donors (Lipinski definition) is 1. The number of carbonyl (C=O) groups excluding carboxylic acids is 2. The van der Waals surface area contributed by atoms with Crippen molar-refractivity contribution in [3.05, 3.63) is 0 Å². The van der Waals surface area contributed by atoms with E-state index in [0.29, 0.717) is 6.42 Å². The van der Waals surface area contributed by atoms with Crippen LogP contribution in [0.25, 0.3) is 0 Å². The zero-order valence-electron chi connectivity index (χ0n) is 11.5. The highest BCUT2D eigenvalue weighted by atomic mass is 16.2. The fourth-order valence-electron chi connectivity index (χ4n) is 2.38. The van der Waals surface area contributed by atoms with Crippen LogP contribution < -0.4 is 5.32 Å². The maximum atomic E-state index is 12.1. The van der Waals surface area contributed by atoms with Crippen LogP contribution in [0.3, 0.4) is 0 Å². The average Bonchev–Trinajstić information content (AvgIpc) is 3.06. The first kappa shape index (κ1) is 13.5. The molecule has 2 aliphatic rings. The minimum absolute atomic E-state index is 0.000176. The second-order valence-electron chi connectivity index (χ2n) is 5.75. The van der Waals surface area contributed by atoms with Crippen LogP contribution in [0.5, 0.6) is 0 Å². The van der Waals surface area contributed by atoms with E-state index >= 15 is 0 Å². The minimum atomic E-state index is -0.296. The molecule has 0 aromatic carbocycles. The van der Waals surface area contributed by atoms with Crippen molar-refractivity contribution in [2.75, 3.05) is 20.6 Å². The maximum Gasteiger partial charge on any atom is 0.247 e. The summed E-state index contributed by atoms with van der Waals surface area (Å²) in [6.07, 6.45) is 3.29. The highest BCUT2D eigenvalue weighted by Gasteiger charge is 2.46. The molecule has 2 amide bonds. The smallest absolute Gasteiger partial charge is 0.247 e. The molecule has 1 N–H and O–H groups in total. The van der Waals surface area contributed by atoms with E-state index in [-0.39, 0.29) is 29.9 Å². The van der Waals surface area contributed by atoms with E-state index < -0.39 is 0 Å². The van der Waals surface area contributed by atoms with E-state index in [1.54, 1.807) is 0 Å². The van der Waals surface area contributed by atoms with Crippen LogP contribution in [0.2, 0.25) is 0 Å². The standard InChI is InChI=1S/C13H23N3O2/c1-9(6-7-15(2)3)14-11-8-12(17)16(13(11)18)10-4-5-10/h9-11,14H,4-8H2,1-3H3. The molecule has 5 nitrogen and oxygen atoms in total. The van der Waals surface area contributed by atoms with Gasteiger partial charge in [-0.05, 0) is 46.8 Å². The first-order valence-corrected chi connectivity index (χ1v) is 6.75. The van der Waals surface area contributed by atoms with E-state index in [2.05, 4.69) is 17.1 Å². The van der Waals surface area contributed by atoms with Crippen molar-refractivity contribution < 1.29 is 9.59 Å². The lowest BCUT2D eigenvalue weighted by Crippen LogP contribution is -2.44. The van der Waals surface area contributed by atoms with Crippen molar-refractivity contribution in [2.24, 2.45) is 0 Å². The Morgan fingerprint density at radius 1 is 1.39 bits per heavy atom.